The summed E-state index contributed by atoms with van der Waals surface area (Å²) in [6, 6.07) is 16.9. The van der Waals surface area contributed by atoms with Gasteiger partial charge in [0, 0.05) is 19.6 Å². The first-order valence-corrected chi connectivity index (χ1v) is 10.8. The van der Waals surface area contributed by atoms with Crippen molar-refractivity contribution in [2.45, 2.75) is 19.4 Å². The molecule has 1 aromatic heterocycles. The summed E-state index contributed by atoms with van der Waals surface area (Å²) in [6.45, 7) is 3.64. The molecule has 3 aromatic rings. The summed E-state index contributed by atoms with van der Waals surface area (Å²) in [4.78, 5) is 4.50. The number of ether oxygens (including phenoxy) is 1. The van der Waals surface area contributed by atoms with Gasteiger partial charge in [-0.3, -0.25) is 4.99 Å². The monoisotopic (exact) mass is 406 g/mol. The molecule has 0 bridgehead atoms. The SMILES string of the molecule is COc1ccc(-c2ccc(CNCCCNc3nsc4c3=CCCN=4)cc2)cc1. The molecule has 5 nitrogen and oxygen atoms in total. The number of rotatable bonds is 9. The summed E-state index contributed by atoms with van der Waals surface area (Å²) < 4.78 is 10.8. The number of nitrogens with one attached hydrogen (secondary N) is 2. The van der Waals surface area contributed by atoms with Crippen LogP contribution in [0.15, 0.2) is 53.5 Å². The van der Waals surface area contributed by atoms with E-state index >= 15 is 0 Å². The van der Waals surface area contributed by atoms with Crippen molar-refractivity contribution in [2.75, 3.05) is 32.1 Å². The third-order valence-corrected chi connectivity index (χ3v) is 5.77. The van der Waals surface area contributed by atoms with Crippen molar-refractivity contribution < 1.29 is 4.74 Å². The van der Waals surface area contributed by atoms with E-state index in [1.165, 1.54) is 33.4 Å². The van der Waals surface area contributed by atoms with Crippen LogP contribution in [-0.4, -0.2) is 31.1 Å². The highest BCUT2D eigenvalue weighted by atomic mass is 32.1. The van der Waals surface area contributed by atoms with E-state index in [9.17, 15) is 0 Å². The molecule has 1 aliphatic heterocycles. The first-order chi connectivity index (χ1) is 14.3. The Kier molecular flexibility index (Phi) is 6.54. The molecule has 0 amide bonds. The second-order valence-electron chi connectivity index (χ2n) is 7.01. The molecular weight excluding hydrogens is 380 g/mol. The largest absolute Gasteiger partial charge is 0.497 e. The van der Waals surface area contributed by atoms with Gasteiger partial charge >= 0.3 is 0 Å². The minimum atomic E-state index is 0.877. The van der Waals surface area contributed by atoms with Crippen LogP contribution >= 0.6 is 11.5 Å². The van der Waals surface area contributed by atoms with Gasteiger partial charge in [0.15, 0.2) is 0 Å². The molecule has 0 saturated carbocycles. The lowest BCUT2D eigenvalue weighted by Crippen LogP contribution is -2.26. The van der Waals surface area contributed by atoms with E-state index in [4.69, 9.17) is 4.74 Å². The standard InChI is InChI=1S/C23H26N4OS/c1-28-20-11-9-19(10-12-20)18-7-5-17(6-8-18)16-24-13-3-15-25-22-21-4-2-14-26-23(21)29-27-22/h4-12,24H,2-3,13-16H2,1H3,(H,25,27). The number of benzene rings is 2. The third-order valence-electron chi connectivity index (χ3n) is 4.97. The Hall–Kier alpha value is -2.70. The summed E-state index contributed by atoms with van der Waals surface area (Å²) in [6.07, 6.45) is 4.30. The zero-order valence-electron chi connectivity index (χ0n) is 16.6. The molecule has 2 aromatic carbocycles. The zero-order chi connectivity index (χ0) is 19.9. The fourth-order valence-corrected chi connectivity index (χ4v) is 4.11. The van der Waals surface area contributed by atoms with E-state index in [2.05, 4.69) is 62.5 Å². The Labute approximate surface area is 175 Å². The van der Waals surface area contributed by atoms with Crippen molar-refractivity contribution in [3.8, 4) is 16.9 Å². The maximum Gasteiger partial charge on any atom is 0.148 e. The minimum Gasteiger partial charge on any atom is -0.497 e. The van der Waals surface area contributed by atoms with Crippen LogP contribution in [0.2, 0.25) is 0 Å². The van der Waals surface area contributed by atoms with Gasteiger partial charge in [0.2, 0.25) is 0 Å². The first kappa shape index (κ1) is 19.6. The van der Waals surface area contributed by atoms with Crippen molar-refractivity contribution in [3.05, 3.63) is 64.0 Å². The van der Waals surface area contributed by atoms with Crippen LogP contribution in [0.25, 0.3) is 17.2 Å². The van der Waals surface area contributed by atoms with Gasteiger partial charge in [-0.25, -0.2) is 0 Å². The van der Waals surface area contributed by atoms with Gasteiger partial charge in [-0.1, -0.05) is 42.5 Å². The van der Waals surface area contributed by atoms with Gasteiger partial charge in [-0.05, 0) is 59.7 Å². The summed E-state index contributed by atoms with van der Waals surface area (Å²) in [7, 11) is 1.69. The van der Waals surface area contributed by atoms with Crippen LogP contribution in [0.3, 0.4) is 0 Å². The normalized spacial score (nSPS) is 12.6. The molecule has 2 N–H and O–H groups in total. The Morgan fingerprint density at radius 2 is 1.76 bits per heavy atom. The second-order valence-corrected chi connectivity index (χ2v) is 7.76. The summed E-state index contributed by atoms with van der Waals surface area (Å²) >= 11 is 1.49. The fraction of sp³-hybridized carbons (Fsp3) is 0.304. The molecule has 150 valence electrons. The van der Waals surface area contributed by atoms with Crippen LogP contribution in [0, 0.1) is 0 Å². The summed E-state index contributed by atoms with van der Waals surface area (Å²) in [5.41, 5.74) is 3.71. The number of nitrogens with zero attached hydrogens (tertiary/aromatic N) is 2. The molecule has 0 saturated heterocycles. The number of hydrogen-bond acceptors (Lipinski definition) is 6. The van der Waals surface area contributed by atoms with E-state index in [1.54, 1.807) is 7.11 Å². The van der Waals surface area contributed by atoms with Gasteiger partial charge in [0.1, 0.15) is 16.2 Å². The summed E-state index contributed by atoms with van der Waals surface area (Å²) in [5.74, 6) is 1.87. The number of anilines is 1. The average molecular weight is 407 g/mol. The smallest absolute Gasteiger partial charge is 0.148 e. The predicted octanol–water partition coefficient (Wildman–Crippen LogP) is 3.21. The van der Waals surface area contributed by atoms with E-state index in [1.807, 2.05) is 12.1 Å². The molecule has 0 radical (unpaired) electrons. The van der Waals surface area contributed by atoms with E-state index in [0.29, 0.717) is 0 Å². The van der Waals surface area contributed by atoms with Crippen LogP contribution < -0.4 is 25.3 Å². The number of aromatic nitrogens is 1. The average Bonchev–Trinajstić information content (AvgIpc) is 3.20. The minimum absolute atomic E-state index is 0.877. The van der Waals surface area contributed by atoms with Crippen LogP contribution in [0.5, 0.6) is 5.75 Å². The maximum atomic E-state index is 5.22. The van der Waals surface area contributed by atoms with Gasteiger partial charge in [-0.2, -0.15) is 4.37 Å². The zero-order valence-corrected chi connectivity index (χ0v) is 17.5. The van der Waals surface area contributed by atoms with Gasteiger partial charge in [-0.15, -0.1) is 0 Å². The predicted molar refractivity (Wildman–Crippen MR) is 120 cm³/mol. The Morgan fingerprint density at radius 1 is 1.00 bits per heavy atom. The lowest BCUT2D eigenvalue weighted by Gasteiger charge is -2.08. The van der Waals surface area contributed by atoms with Crippen molar-refractivity contribution in [1.82, 2.24) is 9.69 Å². The topological polar surface area (TPSA) is 58.5 Å². The fourth-order valence-electron chi connectivity index (χ4n) is 3.34. The highest BCUT2D eigenvalue weighted by Gasteiger charge is 2.05. The van der Waals surface area contributed by atoms with Crippen LogP contribution in [-0.2, 0) is 6.54 Å². The second kappa shape index (κ2) is 9.67. The highest BCUT2D eigenvalue weighted by molar-refractivity contribution is 7.03. The molecule has 0 atom stereocenters. The van der Waals surface area contributed by atoms with Crippen LogP contribution in [0.1, 0.15) is 18.4 Å². The van der Waals surface area contributed by atoms with Crippen molar-refractivity contribution in [1.29, 1.82) is 0 Å². The molecular formula is C23H26N4OS. The molecule has 29 heavy (non-hydrogen) atoms. The van der Waals surface area contributed by atoms with E-state index in [-0.39, 0.29) is 0 Å². The molecule has 1 aliphatic rings. The van der Waals surface area contributed by atoms with E-state index in [0.717, 1.165) is 55.3 Å². The third kappa shape index (κ3) is 5.02. The van der Waals surface area contributed by atoms with Gasteiger partial charge < -0.3 is 15.4 Å². The maximum absolute atomic E-state index is 5.22. The molecule has 2 heterocycles. The number of hydrogen-bond donors (Lipinski definition) is 2. The van der Waals surface area contributed by atoms with Crippen LogP contribution in [0.4, 0.5) is 5.82 Å². The molecule has 6 heteroatoms. The highest BCUT2D eigenvalue weighted by Crippen LogP contribution is 2.22. The molecule has 0 spiro atoms. The Bertz CT molecular complexity index is 1040. The van der Waals surface area contributed by atoms with Crippen molar-refractivity contribution >= 4 is 23.4 Å². The van der Waals surface area contributed by atoms with E-state index < -0.39 is 0 Å². The Morgan fingerprint density at radius 3 is 2.52 bits per heavy atom. The molecule has 0 aliphatic carbocycles. The molecule has 0 fully saturated rings. The molecule has 0 unspecified atom stereocenters. The van der Waals surface area contributed by atoms with Gasteiger partial charge in [0.25, 0.3) is 0 Å². The quantitative estimate of drug-likeness (QED) is 0.536. The number of fused-ring (bicyclic) bond motifs is 1. The first-order valence-electron chi connectivity index (χ1n) is 10.0. The summed E-state index contributed by atoms with van der Waals surface area (Å²) in [5, 5.41) is 8.15. The lowest BCUT2D eigenvalue weighted by molar-refractivity contribution is 0.415. The van der Waals surface area contributed by atoms with Gasteiger partial charge in [0.05, 0.1) is 12.3 Å². The molecule has 4 rings (SSSR count). The Balaban J connectivity index is 1.19. The number of methoxy groups -OCH3 is 1. The van der Waals surface area contributed by atoms with Crippen molar-refractivity contribution in [3.63, 3.8) is 0 Å². The lowest BCUT2D eigenvalue weighted by atomic mass is 10.0. The van der Waals surface area contributed by atoms with Crippen molar-refractivity contribution in [2.24, 2.45) is 4.99 Å².